The van der Waals surface area contributed by atoms with E-state index >= 15 is 0 Å². The number of ether oxygens (including phenoxy) is 2. The molecular weight excluding hydrogens is 266 g/mol. The molecule has 0 unspecified atom stereocenters. The van der Waals surface area contributed by atoms with Gasteiger partial charge in [0.05, 0.1) is 18.9 Å². The van der Waals surface area contributed by atoms with E-state index in [4.69, 9.17) is 9.47 Å². The van der Waals surface area contributed by atoms with Crippen molar-refractivity contribution in [3.8, 4) is 5.75 Å². The fourth-order valence-electron chi connectivity index (χ4n) is 2.95. The lowest BCUT2D eigenvalue weighted by atomic mass is 10.1. The van der Waals surface area contributed by atoms with Gasteiger partial charge in [0.2, 0.25) is 5.91 Å². The molecule has 1 aromatic carbocycles. The molecule has 2 aliphatic rings. The van der Waals surface area contributed by atoms with Crippen LogP contribution in [0.1, 0.15) is 31.2 Å². The highest BCUT2D eigenvalue weighted by atomic mass is 16.5. The number of amides is 1. The molecule has 1 amide bonds. The average Bonchev–Trinajstić information content (AvgIpc) is 2.94. The third-order valence-electron chi connectivity index (χ3n) is 4.06. The predicted octanol–water partition coefficient (Wildman–Crippen LogP) is 3.01. The number of rotatable bonds is 4. The van der Waals surface area contributed by atoms with Gasteiger partial charge in [0.15, 0.2) is 0 Å². The number of carbonyl (C=O) groups excluding carboxylic acids is 1. The van der Waals surface area contributed by atoms with Crippen LogP contribution in [-0.4, -0.2) is 31.8 Å². The summed E-state index contributed by atoms with van der Waals surface area (Å²) in [6.07, 6.45) is 5.26. The molecule has 0 aliphatic carbocycles. The first-order valence-corrected chi connectivity index (χ1v) is 7.60. The molecule has 112 valence electrons. The van der Waals surface area contributed by atoms with Crippen LogP contribution in [0.2, 0.25) is 0 Å². The number of hydrogen-bond acceptors (Lipinski definition) is 3. The fraction of sp³-hybridized carbons (Fsp3) is 0.471. The normalized spacial score (nSPS) is 19.8. The molecule has 0 bridgehead atoms. The van der Waals surface area contributed by atoms with E-state index in [2.05, 4.69) is 6.58 Å². The second-order valence-electron chi connectivity index (χ2n) is 5.48. The van der Waals surface area contributed by atoms with Crippen molar-refractivity contribution in [2.45, 2.75) is 31.8 Å². The van der Waals surface area contributed by atoms with Crippen LogP contribution in [-0.2, 0) is 9.53 Å². The molecule has 0 radical (unpaired) electrons. The molecule has 2 saturated heterocycles. The zero-order valence-electron chi connectivity index (χ0n) is 12.2. The van der Waals surface area contributed by atoms with Gasteiger partial charge in [-0.3, -0.25) is 4.79 Å². The Hall–Kier alpha value is -1.81. The molecule has 2 fully saturated rings. The summed E-state index contributed by atoms with van der Waals surface area (Å²) in [6, 6.07) is 5.88. The molecular formula is C17H21NO3. The van der Waals surface area contributed by atoms with Gasteiger partial charge >= 0.3 is 0 Å². The van der Waals surface area contributed by atoms with E-state index < -0.39 is 0 Å². The molecule has 3 rings (SSSR count). The average molecular weight is 287 g/mol. The first kappa shape index (κ1) is 14.1. The third kappa shape index (κ3) is 2.95. The van der Waals surface area contributed by atoms with Crippen molar-refractivity contribution in [1.82, 2.24) is 0 Å². The van der Waals surface area contributed by atoms with Gasteiger partial charge in [-0.2, -0.15) is 0 Å². The van der Waals surface area contributed by atoms with Crippen LogP contribution >= 0.6 is 0 Å². The van der Waals surface area contributed by atoms with Crippen molar-refractivity contribution >= 4 is 17.7 Å². The fourth-order valence-corrected chi connectivity index (χ4v) is 2.95. The first-order valence-electron chi connectivity index (χ1n) is 7.60. The molecule has 2 heterocycles. The van der Waals surface area contributed by atoms with Gasteiger partial charge in [0.25, 0.3) is 0 Å². The Balaban J connectivity index is 1.91. The summed E-state index contributed by atoms with van der Waals surface area (Å²) in [6.45, 7) is 6.10. The van der Waals surface area contributed by atoms with Crippen molar-refractivity contribution in [3.05, 3.63) is 30.3 Å². The summed E-state index contributed by atoms with van der Waals surface area (Å²) >= 11 is 0. The largest absolute Gasteiger partial charge is 0.488 e. The van der Waals surface area contributed by atoms with Crippen molar-refractivity contribution in [2.75, 3.05) is 24.7 Å². The Morgan fingerprint density at radius 2 is 2.14 bits per heavy atom. The Morgan fingerprint density at radius 3 is 2.81 bits per heavy atom. The highest BCUT2D eigenvalue weighted by molar-refractivity contribution is 5.99. The van der Waals surface area contributed by atoms with Gasteiger partial charge in [-0.1, -0.05) is 24.8 Å². The van der Waals surface area contributed by atoms with E-state index in [1.54, 1.807) is 6.08 Å². The van der Waals surface area contributed by atoms with E-state index in [9.17, 15) is 4.79 Å². The Kier molecular flexibility index (Phi) is 4.25. The molecule has 0 N–H and O–H groups in total. The first-order chi connectivity index (χ1) is 10.3. The SMILES string of the molecule is C=Cc1cccc(OC2CCOCC2)c1N1CCCC1=O. The van der Waals surface area contributed by atoms with E-state index in [-0.39, 0.29) is 12.0 Å². The predicted molar refractivity (Wildman–Crippen MR) is 82.6 cm³/mol. The minimum absolute atomic E-state index is 0.162. The lowest BCUT2D eigenvalue weighted by Crippen LogP contribution is -2.29. The van der Waals surface area contributed by atoms with Gasteiger partial charge < -0.3 is 14.4 Å². The van der Waals surface area contributed by atoms with Gasteiger partial charge in [-0.05, 0) is 12.5 Å². The molecule has 0 spiro atoms. The summed E-state index contributed by atoms with van der Waals surface area (Å²) in [5.74, 6) is 0.954. The summed E-state index contributed by atoms with van der Waals surface area (Å²) in [5.41, 5.74) is 1.83. The molecule has 21 heavy (non-hydrogen) atoms. The molecule has 4 nitrogen and oxygen atoms in total. The molecule has 4 heteroatoms. The van der Waals surface area contributed by atoms with Crippen molar-refractivity contribution in [2.24, 2.45) is 0 Å². The van der Waals surface area contributed by atoms with Crippen LogP contribution < -0.4 is 9.64 Å². The number of hydrogen-bond donors (Lipinski definition) is 0. The maximum absolute atomic E-state index is 12.1. The molecule has 1 aromatic rings. The topological polar surface area (TPSA) is 38.8 Å². The number of para-hydroxylation sites is 1. The highest BCUT2D eigenvalue weighted by Gasteiger charge is 2.27. The van der Waals surface area contributed by atoms with Gasteiger partial charge in [-0.25, -0.2) is 0 Å². The second kappa shape index (κ2) is 6.31. The van der Waals surface area contributed by atoms with E-state index in [0.29, 0.717) is 6.42 Å². The summed E-state index contributed by atoms with van der Waals surface area (Å²) in [7, 11) is 0. The van der Waals surface area contributed by atoms with E-state index in [0.717, 1.165) is 56.0 Å². The smallest absolute Gasteiger partial charge is 0.227 e. The second-order valence-corrected chi connectivity index (χ2v) is 5.48. The van der Waals surface area contributed by atoms with Gasteiger partial charge in [0.1, 0.15) is 11.9 Å². The Morgan fingerprint density at radius 1 is 1.33 bits per heavy atom. The minimum atomic E-state index is 0.162. The van der Waals surface area contributed by atoms with Crippen LogP contribution in [0.3, 0.4) is 0 Å². The molecule has 0 atom stereocenters. The van der Waals surface area contributed by atoms with E-state index in [1.807, 2.05) is 23.1 Å². The summed E-state index contributed by atoms with van der Waals surface area (Å²) in [4.78, 5) is 13.9. The van der Waals surface area contributed by atoms with Gasteiger partial charge in [0, 0.05) is 31.4 Å². The number of anilines is 1. The lowest BCUT2D eigenvalue weighted by Gasteiger charge is -2.27. The number of carbonyl (C=O) groups is 1. The Bertz CT molecular complexity index is 535. The van der Waals surface area contributed by atoms with Crippen molar-refractivity contribution < 1.29 is 14.3 Å². The van der Waals surface area contributed by atoms with Crippen molar-refractivity contribution in [1.29, 1.82) is 0 Å². The molecule has 0 saturated carbocycles. The molecule has 0 aromatic heterocycles. The van der Waals surface area contributed by atoms with Crippen LogP contribution in [0.15, 0.2) is 24.8 Å². The maximum atomic E-state index is 12.1. The van der Waals surface area contributed by atoms with Crippen LogP contribution in [0.4, 0.5) is 5.69 Å². The lowest BCUT2D eigenvalue weighted by molar-refractivity contribution is -0.117. The van der Waals surface area contributed by atoms with Crippen LogP contribution in [0, 0.1) is 0 Å². The monoisotopic (exact) mass is 287 g/mol. The van der Waals surface area contributed by atoms with E-state index in [1.165, 1.54) is 0 Å². The van der Waals surface area contributed by atoms with Crippen LogP contribution in [0.25, 0.3) is 6.08 Å². The summed E-state index contributed by atoms with van der Waals surface area (Å²) < 4.78 is 11.5. The standard InChI is InChI=1S/C17H21NO3/c1-2-13-5-3-6-15(21-14-8-11-20-12-9-14)17(13)18-10-4-7-16(18)19/h2-3,5-6,14H,1,4,7-12H2. The van der Waals surface area contributed by atoms with Crippen molar-refractivity contribution in [3.63, 3.8) is 0 Å². The van der Waals surface area contributed by atoms with Crippen LogP contribution in [0.5, 0.6) is 5.75 Å². The molecule has 2 aliphatic heterocycles. The summed E-state index contributed by atoms with van der Waals surface area (Å²) in [5, 5.41) is 0. The Labute approximate surface area is 125 Å². The number of benzene rings is 1. The zero-order valence-corrected chi connectivity index (χ0v) is 12.2. The van der Waals surface area contributed by atoms with Gasteiger partial charge in [-0.15, -0.1) is 0 Å². The maximum Gasteiger partial charge on any atom is 0.227 e. The minimum Gasteiger partial charge on any atom is -0.488 e. The quantitative estimate of drug-likeness (QED) is 0.854. The third-order valence-corrected chi connectivity index (χ3v) is 4.06. The zero-order chi connectivity index (χ0) is 14.7. The highest BCUT2D eigenvalue weighted by Crippen LogP contribution is 2.37. The number of nitrogens with zero attached hydrogens (tertiary/aromatic N) is 1.